The summed E-state index contributed by atoms with van der Waals surface area (Å²) in [5.74, 6) is 1.54. The van der Waals surface area contributed by atoms with Crippen LogP contribution in [-0.2, 0) is 6.61 Å². The summed E-state index contributed by atoms with van der Waals surface area (Å²) in [7, 11) is 1.72. The number of fused-ring (bicyclic) bond motifs is 1. The quantitative estimate of drug-likeness (QED) is 0.384. The zero-order chi connectivity index (χ0) is 23.2. The Balaban J connectivity index is 1.53. The molecular formula is C30H32N2O2. The molecule has 1 atom stereocenters. The Kier molecular flexibility index (Phi) is 7.08. The third-order valence-electron chi connectivity index (χ3n) is 6.60. The van der Waals surface area contributed by atoms with Gasteiger partial charge in [-0.05, 0) is 52.6 Å². The Hall–Kier alpha value is -3.34. The fourth-order valence-corrected chi connectivity index (χ4v) is 4.91. The summed E-state index contributed by atoms with van der Waals surface area (Å²) in [4.78, 5) is 2.60. The Labute approximate surface area is 202 Å². The second-order valence-electron chi connectivity index (χ2n) is 8.80. The number of ether oxygens (including phenoxy) is 2. The molecule has 0 aliphatic carbocycles. The first-order chi connectivity index (χ1) is 16.8. The first kappa shape index (κ1) is 22.5. The number of rotatable bonds is 7. The Bertz CT molecular complexity index is 1210. The number of nitrogens with zero attached hydrogens (tertiary/aromatic N) is 1. The molecule has 0 spiro atoms. The highest BCUT2D eigenvalue weighted by Crippen LogP contribution is 2.38. The molecule has 1 N–H and O–H groups in total. The van der Waals surface area contributed by atoms with E-state index in [1.54, 1.807) is 7.11 Å². The average Bonchev–Trinajstić information content (AvgIpc) is 3.18. The van der Waals surface area contributed by atoms with Gasteiger partial charge >= 0.3 is 0 Å². The molecule has 1 unspecified atom stereocenters. The number of nitrogens with one attached hydrogen (secondary N) is 1. The minimum absolute atomic E-state index is 0.142. The van der Waals surface area contributed by atoms with Gasteiger partial charge in [-0.15, -0.1) is 0 Å². The fraction of sp³-hybridized carbons (Fsp3) is 0.267. The van der Waals surface area contributed by atoms with Crippen LogP contribution in [0.3, 0.4) is 0 Å². The molecule has 0 radical (unpaired) electrons. The van der Waals surface area contributed by atoms with E-state index < -0.39 is 0 Å². The van der Waals surface area contributed by atoms with Gasteiger partial charge in [0.05, 0.1) is 13.2 Å². The van der Waals surface area contributed by atoms with Crippen molar-refractivity contribution in [2.24, 2.45) is 0 Å². The summed E-state index contributed by atoms with van der Waals surface area (Å²) in [5.41, 5.74) is 3.70. The van der Waals surface area contributed by atoms with Crippen LogP contribution in [-0.4, -0.2) is 38.2 Å². The van der Waals surface area contributed by atoms with Crippen LogP contribution < -0.4 is 14.8 Å². The standard InChI is InChI=1S/C30H32N2O2/c1-33-29-21-25(15-16-28(29)34-22-23-9-3-2-4-10-23)30(32-19-8-17-31-18-20-32)27-14-7-12-24-11-5-6-13-26(24)27/h2-7,9-16,21,30-31H,8,17-20,22H2,1H3. The van der Waals surface area contributed by atoms with Crippen LogP contribution in [0.5, 0.6) is 11.5 Å². The molecule has 4 aromatic rings. The summed E-state index contributed by atoms with van der Waals surface area (Å²) in [5, 5.41) is 6.12. The van der Waals surface area contributed by atoms with Crippen molar-refractivity contribution < 1.29 is 9.47 Å². The van der Waals surface area contributed by atoms with E-state index in [0.717, 1.165) is 49.7 Å². The molecule has 1 heterocycles. The molecule has 1 fully saturated rings. The van der Waals surface area contributed by atoms with E-state index in [1.165, 1.54) is 21.9 Å². The summed E-state index contributed by atoms with van der Waals surface area (Å²) >= 11 is 0. The predicted octanol–water partition coefficient (Wildman–Crippen LogP) is 5.81. The molecule has 1 aliphatic rings. The Morgan fingerprint density at radius 3 is 2.53 bits per heavy atom. The van der Waals surface area contributed by atoms with Crippen molar-refractivity contribution in [2.45, 2.75) is 19.1 Å². The second kappa shape index (κ2) is 10.7. The maximum Gasteiger partial charge on any atom is 0.161 e. The maximum atomic E-state index is 6.14. The van der Waals surface area contributed by atoms with E-state index in [0.29, 0.717) is 6.61 Å². The lowest BCUT2D eigenvalue weighted by Gasteiger charge is -2.32. The van der Waals surface area contributed by atoms with Crippen molar-refractivity contribution in [3.63, 3.8) is 0 Å². The highest BCUT2D eigenvalue weighted by molar-refractivity contribution is 5.86. The van der Waals surface area contributed by atoms with Gasteiger partial charge in [0.25, 0.3) is 0 Å². The monoisotopic (exact) mass is 452 g/mol. The summed E-state index contributed by atoms with van der Waals surface area (Å²) < 4.78 is 11.9. The molecule has 0 saturated carbocycles. The van der Waals surface area contributed by atoms with Gasteiger partial charge in [-0.1, -0.05) is 78.9 Å². The van der Waals surface area contributed by atoms with E-state index in [4.69, 9.17) is 9.47 Å². The molecule has 0 amide bonds. The van der Waals surface area contributed by atoms with E-state index >= 15 is 0 Å². The smallest absolute Gasteiger partial charge is 0.161 e. The van der Waals surface area contributed by atoms with Crippen LogP contribution in [0, 0.1) is 0 Å². The lowest BCUT2D eigenvalue weighted by atomic mass is 9.92. The van der Waals surface area contributed by atoms with E-state index in [1.807, 2.05) is 18.2 Å². The minimum Gasteiger partial charge on any atom is -0.493 e. The van der Waals surface area contributed by atoms with E-state index in [2.05, 4.69) is 83.0 Å². The van der Waals surface area contributed by atoms with Gasteiger partial charge in [0.15, 0.2) is 11.5 Å². The van der Waals surface area contributed by atoms with Crippen LogP contribution in [0.4, 0.5) is 0 Å². The maximum absolute atomic E-state index is 6.14. The molecule has 34 heavy (non-hydrogen) atoms. The third kappa shape index (κ3) is 4.93. The molecule has 4 aromatic carbocycles. The van der Waals surface area contributed by atoms with Gasteiger partial charge in [-0.3, -0.25) is 4.90 Å². The second-order valence-corrected chi connectivity index (χ2v) is 8.80. The van der Waals surface area contributed by atoms with Crippen LogP contribution in [0.1, 0.15) is 29.2 Å². The molecule has 174 valence electrons. The van der Waals surface area contributed by atoms with Crippen LogP contribution in [0.2, 0.25) is 0 Å². The highest BCUT2D eigenvalue weighted by atomic mass is 16.5. The lowest BCUT2D eigenvalue weighted by molar-refractivity contribution is 0.241. The SMILES string of the molecule is COc1cc(C(c2cccc3ccccc23)N2CCCNCC2)ccc1OCc1ccccc1. The van der Waals surface area contributed by atoms with E-state index in [9.17, 15) is 0 Å². The number of hydrogen-bond acceptors (Lipinski definition) is 4. The average molecular weight is 453 g/mol. The predicted molar refractivity (Wildman–Crippen MR) is 139 cm³/mol. The normalized spacial score (nSPS) is 15.6. The highest BCUT2D eigenvalue weighted by Gasteiger charge is 2.26. The first-order valence-electron chi connectivity index (χ1n) is 12.1. The molecule has 5 rings (SSSR count). The van der Waals surface area contributed by atoms with Gasteiger partial charge in [0.1, 0.15) is 6.61 Å². The lowest BCUT2D eigenvalue weighted by Crippen LogP contribution is -2.33. The summed E-state index contributed by atoms with van der Waals surface area (Å²) in [6.45, 7) is 4.63. The molecule has 1 saturated heterocycles. The van der Waals surface area contributed by atoms with Crippen LogP contribution in [0.25, 0.3) is 10.8 Å². The van der Waals surface area contributed by atoms with Crippen molar-refractivity contribution in [1.82, 2.24) is 10.2 Å². The third-order valence-corrected chi connectivity index (χ3v) is 6.60. The largest absolute Gasteiger partial charge is 0.493 e. The van der Waals surface area contributed by atoms with Gasteiger partial charge in [-0.2, -0.15) is 0 Å². The van der Waals surface area contributed by atoms with Gasteiger partial charge in [0.2, 0.25) is 0 Å². The van der Waals surface area contributed by atoms with Crippen molar-refractivity contribution in [1.29, 1.82) is 0 Å². The Morgan fingerprint density at radius 2 is 1.65 bits per heavy atom. The number of benzene rings is 4. The number of hydrogen-bond donors (Lipinski definition) is 1. The molecule has 4 nitrogen and oxygen atoms in total. The van der Waals surface area contributed by atoms with E-state index in [-0.39, 0.29) is 6.04 Å². The zero-order valence-electron chi connectivity index (χ0n) is 19.7. The molecule has 0 aromatic heterocycles. The van der Waals surface area contributed by atoms with Crippen molar-refractivity contribution in [3.8, 4) is 11.5 Å². The first-order valence-corrected chi connectivity index (χ1v) is 12.1. The topological polar surface area (TPSA) is 33.7 Å². The van der Waals surface area contributed by atoms with Gasteiger partial charge in [-0.25, -0.2) is 0 Å². The minimum atomic E-state index is 0.142. The van der Waals surface area contributed by atoms with Crippen molar-refractivity contribution in [3.05, 3.63) is 108 Å². The zero-order valence-corrected chi connectivity index (χ0v) is 19.7. The Morgan fingerprint density at radius 1 is 0.824 bits per heavy atom. The summed E-state index contributed by atoms with van der Waals surface area (Å²) in [6.07, 6.45) is 1.14. The van der Waals surface area contributed by atoms with Gasteiger partial charge < -0.3 is 14.8 Å². The molecule has 4 heteroatoms. The van der Waals surface area contributed by atoms with Gasteiger partial charge in [0, 0.05) is 19.6 Å². The summed E-state index contributed by atoms with van der Waals surface area (Å²) in [6, 6.07) is 32.1. The van der Waals surface area contributed by atoms with Crippen molar-refractivity contribution >= 4 is 10.8 Å². The fourth-order valence-electron chi connectivity index (χ4n) is 4.91. The molecular weight excluding hydrogens is 420 g/mol. The van der Waals surface area contributed by atoms with Crippen molar-refractivity contribution in [2.75, 3.05) is 33.3 Å². The molecule has 0 bridgehead atoms. The van der Waals surface area contributed by atoms with Crippen LogP contribution in [0.15, 0.2) is 91.0 Å². The van der Waals surface area contributed by atoms with Crippen LogP contribution >= 0.6 is 0 Å². The number of methoxy groups -OCH3 is 1. The molecule has 1 aliphatic heterocycles.